The lowest BCUT2D eigenvalue weighted by Gasteiger charge is -2.14. The second-order valence-corrected chi connectivity index (χ2v) is 8.92. The highest BCUT2D eigenvalue weighted by molar-refractivity contribution is 7.87. The van der Waals surface area contributed by atoms with E-state index in [-0.39, 0.29) is 28.6 Å². The molecule has 39 heavy (non-hydrogen) atoms. The molecule has 0 aliphatic carbocycles. The van der Waals surface area contributed by atoms with Crippen LogP contribution in [0.15, 0.2) is 88.8 Å². The minimum absolute atomic E-state index is 0.0196. The summed E-state index contributed by atoms with van der Waals surface area (Å²) in [6.07, 6.45) is -1.99. The van der Waals surface area contributed by atoms with Crippen molar-refractivity contribution < 1.29 is 41.2 Å². The summed E-state index contributed by atoms with van der Waals surface area (Å²) in [5, 5.41) is 6.88. The SMILES string of the molecule is COC(=O)NC(=Nc1cc(S(=O)(=O)Oc2ccccc2)ccc1NC(=O)COc1ccccc1)NC(=O)OC. The lowest BCUT2D eigenvalue weighted by Crippen LogP contribution is -2.43. The van der Waals surface area contributed by atoms with Crippen LogP contribution in [0, 0.1) is 0 Å². The van der Waals surface area contributed by atoms with Crippen molar-refractivity contribution in [1.82, 2.24) is 10.6 Å². The van der Waals surface area contributed by atoms with Gasteiger partial charge < -0.3 is 23.7 Å². The Kier molecular flexibility index (Phi) is 9.81. The number of carbonyl (C=O) groups excluding carboxylic acids is 3. The van der Waals surface area contributed by atoms with Crippen molar-refractivity contribution in [3.63, 3.8) is 0 Å². The Bertz CT molecular complexity index is 1430. The predicted molar refractivity (Wildman–Crippen MR) is 139 cm³/mol. The van der Waals surface area contributed by atoms with Crippen LogP contribution < -0.4 is 24.9 Å². The maximum Gasteiger partial charge on any atom is 0.413 e. The van der Waals surface area contributed by atoms with Crippen molar-refractivity contribution in [3.8, 4) is 11.5 Å². The zero-order chi connectivity index (χ0) is 28.3. The summed E-state index contributed by atoms with van der Waals surface area (Å²) < 4.78 is 45.5. The van der Waals surface area contributed by atoms with Crippen LogP contribution in [0.2, 0.25) is 0 Å². The standard InChI is InChI=1S/C25H24N4O9S/c1-35-24(31)28-23(29-25(32)36-2)27-21-15-19(39(33,34)38-18-11-7-4-8-12-18)13-14-20(21)26-22(30)16-37-17-9-5-3-6-10-17/h3-15H,16H2,1-2H3,(H,26,30)(H2,27,28,29,31,32). The number of rotatable bonds is 8. The van der Waals surface area contributed by atoms with Crippen LogP contribution in [0.3, 0.4) is 0 Å². The summed E-state index contributed by atoms with van der Waals surface area (Å²) in [5.74, 6) is -0.561. The van der Waals surface area contributed by atoms with Gasteiger partial charge in [0.2, 0.25) is 5.96 Å². The molecule has 0 fully saturated rings. The van der Waals surface area contributed by atoms with Gasteiger partial charge in [0, 0.05) is 0 Å². The minimum atomic E-state index is -4.35. The van der Waals surface area contributed by atoms with Crippen LogP contribution >= 0.6 is 0 Å². The van der Waals surface area contributed by atoms with Gasteiger partial charge in [0.25, 0.3) is 5.91 Å². The molecule has 0 atom stereocenters. The molecule has 3 N–H and O–H groups in total. The lowest BCUT2D eigenvalue weighted by atomic mass is 10.2. The summed E-state index contributed by atoms with van der Waals surface area (Å²) in [5.41, 5.74) is -0.158. The number of guanidine groups is 1. The zero-order valence-electron chi connectivity index (χ0n) is 20.7. The van der Waals surface area contributed by atoms with Gasteiger partial charge in [-0.15, -0.1) is 0 Å². The number of carbonyl (C=O) groups is 3. The van der Waals surface area contributed by atoms with Crippen molar-refractivity contribution in [2.45, 2.75) is 4.90 Å². The van der Waals surface area contributed by atoms with Gasteiger partial charge in [-0.25, -0.2) is 14.6 Å². The Morgan fingerprint density at radius 2 is 1.36 bits per heavy atom. The number of aliphatic imine (C=N–C) groups is 1. The molecule has 3 amide bonds. The van der Waals surface area contributed by atoms with E-state index in [4.69, 9.17) is 8.92 Å². The third-order valence-corrected chi connectivity index (χ3v) is 5.88. The molecule has 0 saturated heterocycles. The predicted octanol–water partition coefficient (Wildman–Crippen LogP) is 3.17. The number of ether oxygens (including phenoxy) is 3. The zero-order valence-corrected chi connectivity index (χ0v) is 21.6. The molecule has 0 aromatic heterocycles. The van der Waals surface area contributed by atoms with Gasteiger partial charge in [0.05, 0.1) is 25.6 Å². The van der Waals surface area contributed by atoms with Gasteiger partial charge in [0.15, 0.2) is 6.61 Å². The van der Waals surface area contributed by atoms with Gasteiger partial charge in [-0.1, -0.05) is 36.4 Å². The molecule has 0 bridgehead atoms. The highest BCUT2D eigenvalue weighted by atomic mass is 32.2. The number of nitrogens with zero attached hydrogens (tertiary/aromatic N) is 1. The van der Waals surface area contributed by atoms with E-state index in [1.807, 2.05) is 0 Å². The second kappa shape index (κ2) is 13.4. The fraction of sp³-hybridized carbons (Fsp3) is 0.120. The van der Waals surface area contributed by atoms with E-state index in [9.17, 15) is 22.8 Å². The van der Waals surface area contributed by atoms with Crippen molar-refractivity contribution in [2.24, 2.45) is 4.99 Å². The molecule has 3 rings (SSSR count). The van der Waals surface area contributed by atoms with Crippen LogP contribution in [0.1, 0.15) is 0 Å². The van der Waals surface area contributed by atoms with Crippen LogP contribution in [0.25, 0.3) is 0 Å². The summed E-state index contributed by atoms with van der Waals surface area (Å²) in [6, 6.07) is 19.9. The molecule has 0 radical (unpaired) electrons. The first-order valence-electron chi connectivity index (χ1n) is 11.1. The van der Waals surface area contributed by atoms with Gasteiger partial charge in [-0.05, 0) is 42.5 Å². The highest BCUT2D eigenvalue weighted by Gasteiger charge is 2.21. The van der Waals surface area contributed by atoms with E-state index in [0.717, 1.165) is 20.3 Å². The molecular formula is C25H24N4O9S. The van der Waals surface area contributed by atoms with E-state index in [1.165, 1.54) is 24.3 Å². The Labute approximate surface area is 223 Å². The molecule has 0 aliphatic rings. The molecule has 0 heterocycles. The first kappa shape index (κ1) is 28.5. The van der Waals surface area contributed by atoms with E-state index < -0.39 is 34.2 Å². The average Bonchev–Trinajstić information content (AvgIpc) is 2.93. The van der Waals surface area contributed by atoms with Gasteiger partial charge in [-0.3, -0.25) is 15.4 Å². The Morgan fingerprint density at radius 1 is 0.795 bits per heavy atom. The number of methoxy groups -OCH3 is 2. The van der Waals surface area contributed by atoms with Gasteiger partial charge in [-0.2, -0.15) is 8.42 Å². The monoisotopic (exact) mass is 556 g/mol. The third kappa shape index (κ3) is 8.75. The summed E-state index contributed by atoms with van der Waals surface area (Å²) >= 11 is 0. The molecule has 0 saturated carbocycles. The largest absolute Gasteiger partial charge is 0.484 e. The number of alkyl carbamates (subject to hydrolysis) is 2. The third-order valence-electron chi connectivity index (χ3n) is 4.64. The number of para-hydroxylation sites is 2. The van der Waals surface area contributed by atoms with E-state index in [1.54, 1.807) is 48.5 Å². The fourth-order valence-electron chi connectivity index (χ4n) is 2.87. The molecule has 3 aromatic carbocycles. The highest BCUT2D eigenvalue weighted by Crippen LogP contribution is 2.30. The van der Waals surface area contributed by atoms with Crippen LogP contribution in [-0.2, 0) is 24.4 Å². The Morgan fingerprint density at radius 3 is 1.92 bits per heavy atom. The smallest absolute Gasteiger partial charge is 0.413 e. The van der Waals surface area contributed by atoms with Gasteiger partial charge >= 0.3 is 22.3 Å². The van der Waals surface area contributed by atoms with Crippen molar-refractivity contribution in [1.29, 1.82) is 0 Å². The maximum atomic E-state index is 12.9. The average molecular weight is 557 g/mol. The normalized spacial score (nSPS) is 10.4. The number of nitrogens with one attached hydrogen (secondary N) is 3. The summed E-state index contributed by atoms with van der Waals surface area (Å²) in [6.45, 7) is -0.377. The molecule has 14 heteroatoms. The Balaban J connectivity index is 1.97. The first-order chi connectivity index (χ1) is 18.7. The quantitative estimate of drug-likeness (QED) is 0.214. The van der Waals surface area contributed by atoms with Crippen LogP contribution in [0.5, 0.6) is 11.5 Å². The number of hydrogen-bond donors (Lipinski definition) is 3. The van der Waals surface area contributed by atoms with Crippen molar-refractivity contribution in [2.75, 3.05) is 26.1 Å². The molecule has 13 nitrogen and oxygen atoms in total. The number of anilines is 1. The molecule has 0 unspecified atom stereocenters. The minimum Gasteiger partial charge on any atom is -0.484 e. The topological polar surface area (TPSA) is 171 Å². The number of hydrogen-bond acceptors (Lipinski definition) is 10. The summed E-state index contributed by atoms with van der Waals surface area (Å²) in [4.78, 5) is 39.9. The summed E-state index contributed by atoms with van der Waals surface area (Å²) in [7, 11) is -2.19. The lowest BCUT2D eigenvalue weighted by molar-refractivity contribution is -0.118. The van der Waals surface area contributed by atoms with Crippen LogP contribution in [-0.4, -0.2) is 53.3 Å². The Hall–Kier alpha value is -5.11. The molecule has 3 aromatic rings. The van der Waals surface area contributed by atoms with Gasteiger partial charge in [0.1, 0.15) is 16.4 Å². The van der Waals surface area contributed by atoms with Crippen molar-refractivity contribution in [3.05, 3.63) is 78.9 Å². The van der Waals surface area contributed by atoms with Crippen LogP contribution in [0.4, 0.5) is 21.0 Å². The molecule has 0 aliphatic heterocycles. The second-order valence-electron chi connectivity index (χ2n) is 7.37. The van der Waals surface area contributed by atoms with E-state index in [2.05, 4.69) is 30.4 Å². The molecule has 204 valence electrons. The van der Waals surface area contributed by atoms with Crippen molar-refractivity contribution >= 4 is 45.5 Å². The number of amides is 3. The van der Waals surface area contributed by atoms with E-state index >= 15 is 0 Å². The number of benzene rings is 3. The fourth-order valence-corrected chi connectivity index (χ4v) is 3.82. The maximum absolute atomic E-state index is 12.9. The molecular weight excluding hydrogens is 532 g/mol. The van der Waals surface area contributed by atoms with E-state index in [0.29, 0.717) is 5.75 Å². The first-order valence-corrected chi connectivity index (χ1v) is 12.5. The molecule has 0 spiro atoms.